The summed E-state index contributed by atoms with van der Waals surface area (Å²) in [6, 6.07) is 8.33. The highest BCUT2D eigenvalue weighted by molar-refractivity contribution is 7.90. The first-order chi connectivity index (χ1) is 9.49. The van der Waals surface area contributed by atoms with E-state index in [1.165, 1.54) is 13.4 Å². The van der Waals surface area contributed by atoms with Crippen molar-refractivity contribution in [1.82, 2.24) is 9.97 Å². The first kappa shape index (κ1) is 14.3. The highest BCUT2D eigenvalue weighted by Gasteiger charge is 2.06. The van der Waals surface area contributed by atoms with Crippen molar-refractivity contribution in [2.45, 2.75) is 11.4 Å². The maximum absolute atomic E-state index is 11.3. The SMILES string of the molecule is COc1ccnc(NCc2ccc(S(C)(=O)=O)cc2)n1. The van der Waals surface area contributed by atoms with Gasteiger partial charge in [0.1, 0.15) is 0 Å². The Morgan fingerprint density at radius 2 is 1.90 bits per heavy atom. The fourth-order valence-corrected chi connectivity index (χ4v) is 2.21. The van der Waals surface area contributed by atoms with Gasteiger partial charge in [-0.3, -0.25) is 0 Å². The van der Waals surface area contributed by atoms with Crippen LogP contribution in [0.4, 0.5) is 5.95 Å². The van der Waals surface area contributed by atoms with Gasteiger partial charge in [-0.25, -0.2) is 13.4 Å². The smallest absolute Gasteiger partial charge is 0.226 e. The van der Waals surface area contributed by atoms with E-state index in [1.807, 2.05) is 0 Å². The molecule has 0 amide bonds. The first-order valence-electron chi connectivity index (χ1n) is 5.89. The van der Waals surface area contributed by atoms with Crippen LogP contribution in [0.25, 0.3) is 0 Å². The Balaban J connectivity index is 2.04. The van der Waals surface area contributed by atoms with Crippen LogP contribution in [0.1, 0.15) is 5.56 Å². The zero-order valence-corrected chi connectivity index (χ0v) is 12.0. The third-order valence-electron chi connectivity index (χ3n) is 2.64. The lowest BCUT2D eigenvalue weighted by Crippen LogP contribution is -2.04. The molecule has 1 aromatic heterocycles. The maximum atomic E-state index is 11.3. The number of ether oxygens (including phenoxy) is 1. The minimum absolute atomic E-state index is 0.305. The Hall–Kier alpha value is -2.15. The van der Waals surface area contributed by atoms with Crippen LogP contribution in [-0.4, -0.2) is 31.8 Å². The van der Waals surface area contributed by atoms with Gasteiger partial charge in [0.15, 0.2) is 9.84 Å². The number of hydrogen-bond donors (Lipinski definition) is 1. The van der Waals surface area contributed by atoms with Gasteiger partial charge in [-0.2, -0.15) is 4.98 Å². The number of nitrogens with one attached hydrogen (secondary N) is 1. The predicted molar refractivity (Wildman–Crippen MR) is 75.5 cm³/mol. The summed E-state index contributed by atoms with van der Waals surface area (Å²) in [5.74, 6) is 0.937. The minimum Gasteiger partial charge on any atom is -0.481 e. The van der Waals surface area contributed by atoms with Crippen molar-refractivity contribution in [3.8, 4) is 5.88 Å². The van der Waals surface area contributed by atoms with Crippen LogP contribution < -0.4 is 10.1 Å². The van der Waals surface area contributed by atoms with E-state index in [0.717, 1.165) is 5.56 Å². The molecular formula is C13H15N3O3S. The summed E-state index contributed by atoms with van der Waals surface area (Å²) in [6.07, 6.45) is 2.78. The molecule has 7 heteroatoms. The van der Waals surface area contributed by atoms with E-state index < -0.39 is 9.84 Å². The molecule has 1 heterocycles. The average molecular weight is 293 g/mol. The van der Waals surface area contributed by atoms with Crippen LogP contribution in [0.5, 0.6) is 5.88 Å². The van der Waals surface area contributed by atoms with E-state index in [2.05, 4.69) is 15.3 Å². The predicted octanol–water partition coefficient (Wildman–Crippen LogP) is 1.50. The van der Waals surface area contributed by atoms with Crippen molar-refractivity contribution < 1.29 is 13.2 Å². The molecule has 0 aliphatic carbocycles. The molecule has 0 aliphatic rings. The number of nitrogens with zero attached hydrogens (tertiary/aromatic N) is 2. The van der Waals surface area contributed by atoms with Gasteiger partial charge in [0.2, 0.25) is 11.8 Å². The summed E-state index contributed by atoms with van der Waals surface area (Å²) in [5.41, 5.74) is 0.934. The molecule has 0 bridgehead atoms. The Morgan fingerprint density at radius 3 is 2.50 bits per heavy atom. The Labute approximate surface area is 117 Å². The summed E-state index contributed by atoms with van der Waals surface area (Å²) >= 11 is 0. The standard InChI is InChI=1S/C13H15N3O3S/c1-19-12-7-8-14-13(16-12)15-9-10-3-5-11(6-4-10)20(2,17)18/h3-8H,9H2,1-2H3,(H,14,15,16). The molecule has 2 rings (SSSR count). The third-order valence-corrected chi connectivity index (χ3v) is 3.77. The molecule has 0 spiro atoms. The fraction of sp³-hybridized carbons (Fsp3) is 0.231. The molecule has 0 atom stereocenters. The highest BCUT2D eigenvalue weighted by Crippen LogP contribution is 2.12. The Bertz CT molecular complexity index is 684. The number of hydrogen-bond acceptors (Lipinski definition) is 6. The van der Waals surface area contributed by atoms with Gasteiger partial charge in [0, 0.05) is 25.1 Å². The van der Waals surface area contributed by atoms with Crippen molar-refractivity contribution in [2.24, 2.45) is 0 Å². The topological polar surface area (TPSA) is 81.2 Å². The number of anilines is 1. The van der Waals surface area contributed by atoms with E-state index in [0.29, 0.717) is 23.3 Å². The first-order valence-corrected chi connectivity index (χ1v) is 7.78. The van der Waals surface area contributed by atoms with Crippen molar-refractivity contribution in [3.63, 3.8) is 0 Å². The van der Waals surface area contributed by atoms with E-state index in [-0.39, 0.29) is 0 Å². The molecule has 20 heavy (non-hydrogen) atoms. The Kier molecular flexibility index (Phi) is 4.19. The lowest BCUT2D eigenvalue weighted by molar-refractivity contribution is 0.397. The zero-order valence-electron chi connectivity index (χ0n) is 11.2. The van der Waals surface area contributed by atoms with Crippen LogP contribution in [0.15, 0.2) is 41.4 Å². The molecule has 1 aromatic carbocycles. The van der Waals surface area contributed by atoms with Gasteiger partial charge in [-0.1, -0.05) is 12.1 Å². The van der Waals surface area contributed by atoms with E-state index in [9.17, 15) is 8.42 Å². The number of sulfone groups is 1. The normalized spacial score (nSPS) is 11.1. The lowest BCUT2D eigenvalue weighted by Gasteiger charge is -2.06. The largest absolute Gasteiger partial charge is 0.481 e. The highest BCUT2D eigenvalue weighted by atomic mass is 32.2. The van der Waals surface area contributed by atoms with Crippen LogP contribution >= 0.6 is 0 Å². The summed E-state index contributed by atoms with van der Waals surface area (Å²) in [5, 5.41) is 3.04. The summed E-state index contributed by atoms with van der Waals surface area (Å²) in [6.45, 7) is 0.497. The van der Waals surface area contributed by atoms with E-state index in [4.69, 9.17) is 4.74 Å². The van der Waals surface area contributed by atoms with Crippen LogP contribution in [-0.2, 0) is 16.4 Å². The van der Waals surface area contributed by atoms with Gasteiger partial charge in [0.05, 0.1) is 12.0 Å². The minimum atomic E-state index is -3.16. The van der Waals surface area contributed by atoms with Crippen molar-refractivity contribution in [1.29, 1.82) is 0 Å². The van der Waals surface area contributed by atoms with Crippen LogP contribution in [0.2, 0.25) is 0 Å². The molecule has 0 unspecified atom stereocenters. The number of aromatic nitrogens is 2. The molecule has 0 fully saturated rings. The third kappa shape index (κ3) is 3.67. The van der Waals surface area contributed by atoms with Crippen LogP contribution in [0.3, 0.4) is 0 Å². The zero-order chi connectivity index (χ0) is 14.6. The van der Waals surface area contributed by atoms with Gasteiger partial charge >= 0.3 is 0 Å². The molecule has 0 saturated heterocycles. The Morgan fingerprint density at radius 1 is 1.20 bits per heavy atom. The molecule has 2 aromatic rings. The van der Waals surface area contributed by atoms with Gasteiger partial charge in [-0.05, 0) is 17.7 Å². The molecular weight excluding hydrogens is 278 g/mol. The number of rotatable bonds is 5. The van der Waals surface area contributed by atoms with Crippen molar-refractivity contribution in [2.75, 3.05) is 18.7 Å². The quantitative estimate of drug-likeness (QED) is 0.899. The average Bonchev–Trinajstić information content (AvgIpc) is 2.45. The second-order valence-electron chi connectivity index (χ2n) is 4.19. The van der Waals surface area contributed by atoms with Gasteiger partial charge < -0.3 is 10.1 Å². The fourth-order valence-electron chi connectivity index (χ4n) is 1.58. The molecule has 0 aliphatic heterocycles. The second-order valence-corrected chi connectivity index (χ2v) is 6.21. The molecule has 1 N–H and O–H groups in total. The molecule has 0 saturated carbocycles. The van der Waals surface area contributed by atoms with E-state index in [1.54, 1.807) is 36.5 Å². The van der Waals surface area contributed by atoms with Crippen LogP contribution in [0, 0.1) is 0 Å². The second kappa shape index (κ2) is 5.87. The van der Waals surface area contributed by atoms with Gasteiger partial charge in [-0.15, -0.1) is 0 Å². The monoisotopic (exact) mass is 293 g/mol. The summed E-state index contributed by atoms with van der Waals surface area (Å²) in [4.78, 5) is 8.49. The van der Waals surface area contributed by atoms with Crippen molar-refractivity contribution >= 4 is 15.8 Å². The number of benzene rings is 1. The molecule has 6 nitrogen and oxygen atoms in total. The maximum Gasteiger partial charge on any atom is 0.226 e. The van der Waals surface area contributed by atoms with E-state index >= 15 is 0 Å². The van der Waals surface area contributed by atoms with Crippen molar-refractivity contribution in [3.05, 3.63) is 42.1 Å². The number of methoxy groups -OCH3 is 1. The molecule has 106 valence electrons. The van der Waals surface area contributed by atoms with Gasteiger partial charge in [0.25, 0.3) is 0 Å². The lowest BCUT2D eigenvalue weighted by atomic mass is 10.2. The molecule has 0 radical (unpaired) electrons. The summed E-state index contributed by atoms with van der Waals surface area (Å²) < 4.78 is 27.7. The summed E-state index contributed by atoms with van der Waals surface area (Å²) in [7, 11) is -1.62.